The van der Waals surface area contributed by atoms with Crippen LogP contribution in [0.4, 0.5) is 5.95 Å². The Balaban J connectivity index is 1.77. The Morgan fingerprint density at radius 1 is 1.09 bits per heavy atom. The summed E-state index contributed by atoms with van der Waals surface area (Å²) in [6.07, 6.45) is 0. The minimum atomic E-state index is -1.07. The van der Waals surface area contributed by atoms with E-state index >= 15 is 0 Å². The summed E-state index contributed by atoms with van der Waals surface area (Å²) in [4.78, 5) is 35.3. The molecule has 1 amide bonds. The van der Waals surface area contributed by atoms with E-state index in [0.717, 1.165) is 0 Å². The number of para-hydroxylation sites is 2. The highest BCUT2D eigenvalue weighted by atomic mass is 35.5. The summed E-state index contributed by atoms with van der Waals surface area (Å²) in [5.74, 6) is -1.90. The van der Waals surface area contributed by atoms with Crippen molar-refractivity contribution in [3.8, 4) is 11.5 Å². The SMILES string of the molecule is COc1ccc(Cl)cc1/C(O)=C1\C(=O)C(=O)N(c2nc3ccccc3[nH]2)C1c1cccc(O)c1. The molecule has 1 unspecified atom stereocenters. The molecule has 1 aliphatic rings. The lowest BCUT2D eigenvalue weighted by atomic mass is 9.95. The van der Waals surface area contributed by atoms with Gasteiger partial charge in [0.25, 0.3) is 5.78 Å². The highest BCUT2D eigenvalue weighted by Crippen LogP contribution is 2.43. The summed E-state index contributed by atoms with van der Waals surface area (Å²) >= 11 is 6.13. The maximum atomic E-state index is 13.3. The minimum Gasteiger partial charge on any atom is -0.508 e. The molecule has 0 spiro atoms. The molecule has 1 atom stereocenters. The second kappa shape index (κ2) is 8.24. The normalized spacial score (nSPS) is 17.5. The number of imidazole rings is 1. The molecule has 1 fully saturated rings. The third-order valence-corrected chi connectivity index (χ3v) is 5.89. The van der Waals surface area contributed by atoms with Crippen molar-refractivity contribution in [2.24, 2.45) is 0 Å². The van der Waals surface area contributed by atoms with Crippen LogP contribution in [0, 0.1) is 0 Å². The van der Waals surface area contributed by atoms with E-state index in [2.05, 4.69) is 9.97 Å². The van der Waals surface area contributed by atoms with Gasteiger partial charge in [-0.3, -0.25) is 14.5 Å². The molecule has 0 radical (unpaired) electrons. The van der Waals surface area contributed by atoms with E-state index in [9.17, 15) is 19.8 Å². The predicted octanol–water partition coefficient (Wildman–Crippen LogP) is 4.56. The minimum absolute atomic E-state index is 0.0620. The van der Waals surface area contributed by atoms with Gasteiger partial charge in [-0.05, 0) is 48.0 Å². The fourth-order valence-electron chi connectivity index (χ4n) is 4.13. The van der Waals surface area contributed by atoms with Gasteiger partial charge in [0.15, 0.2) is 0 Å². The Bertz CT molecular complexity index is 1460. The van der Waals surface area contributed by atoms with E-state index in [0.29, 0.717) is 21.6 Å². The van der Waals surface area contributed by atoms with E-state index in [4.69, 9.17) is 16.3 Å². The number of aliphatic hydroxyl groups is 1. The number of fused-ring (bicyclic) bond motifs is 1. The number of halogens is 1. The van der Waals surface area contributed by atoms with Crippen molar-refractivity contribution < 1.29 is 24.5 Å². The third kappa shape index (κ3) is 3.45. The van der Waals surface area contributed by atoms with Crippen LogP contribution in [0.3, 0.4) is 0 Å². The number of nitrogens with one attached hydrogen (secondary N) is 1. The molecule has 1 aromatic heterocycles. The quantitative estimate of drug-likeness (QED) is 0.226. The smallest absolute Gasteiger partial charge is 0.302 e. The van der Waals surface area contributed by atoms with Crippen LogP contribution in [0.15, 0.2) is 72.3 Å². The van der Waals surface area contributed by atoms with Gasteiger partial charge >= 0.3 is 5.91 Å². The lowest BCUT2D eigenvalue weighted by Crippen LogP contribution is -2.30. The van der Waals surface area contributed by atoms with Gasteiger partial charge < -0.3 is 19.9 Å². The molecule has 0 bridgehead atoms. The maximum Gasteiger partial charge on any atom is 0.302 e. The van der Waals surface area contributed by atoms with Crippen molar-refractivity contribution in [3.05, 3.63) is 88.5 Å². The Morgan fingerprint density at radius 2 is 1.88 bits per heavy atom. The number of phenolic OH excluding ortho intramolecular Hbond substituents is 1. The van der Waals surface area contributed by atoms with Crippen LogP contribution in [0.2, 0.25) is 5.02 Å². The van der Waals surface area contributed by atoms with Crippen LogP contribution in [0.25, 0.3) is 16.8 Å². The van der Waals surface area contributed by atoms with Crippen LogP contribution in [0.5, 0.6) is 11.5 Å². The van der Waals surface area contributed by atoms with Crippen molar-refractivity contribution >= 4 is 46.0 Å². The van der Waals surface area contributed by atoms with Crippen molar-refractivity contribution in [2.45, 2.75) is 6.04 Å². The number of aliphatic hydroxyl groups excluding tert-OH is 1. The average Bonchev–Trinajstić information content (AvgIpc) is 3.37. The predicted molar refractivity (Wildman–Crippen MR) is 127 cm³/mol. The number of H-pyrrole nitrogens is 1. The second-order valence-electron chi connectivity index (χ2n) is 7.69. The molecular weight excluding hydrogens is 458 g/mol. The molecule has 3 N–H and O–H groups in total. The van der Waals surface area contributed by atoms with Crippen LogP contribution >= 0.6 is 11.6 Å². The molecule has 0 saturated carbocycles. The number of anilines is 1. The fraction of sp³-hybridized carbons (Fsp3) is 0.0800. The largest absolute Gasteiger partial charge is 0.508 e. The number of benzene rings is 3. The first-order chi connectivity index (χ1) is 16.4. The number of nitrogens with zero attached hydrogens (tertiary/aromatic N) is 2. The molecule has 1 saturated heterocycles. The van der Waals surface area contributed by atoms with Gasteiger partial charge in [-0.2, -0.15) is 0 Å². The monoisotopic (exact) mass is 475 g/mol. The zero-order valence-electron chi connectivity index (χ0n) is 17.8. The molecule has 9 heteroatoms. The van der Waals surface area contributed by atoms with Gasteiger partial charge in [-0.1, -0.05) is 35.9 Å². The zero-order chi connectivity index (χ0) is 24.0. The second-order valence-corrected chi connectivity index (χ2v) is 8.12. The molecule has 1 aliphatic heterocycles. The number of aromatic hydroxyl groups is 1. The van der Waals surface area contributed by atoms with Crippen molar-refractivity contribution in [2.75, 3.05) is 12.0 Å². The molecule has 4 aromatic rings. The molecule has 0 aliphatic carbocycles. The number of carbonyl (C=O) groups excluding carboxylic acids is 2. The molecule has 2 heterocycles. The topological polar surface area (TPSA) is 116 Å². The number of ether oxygens (including phenoxy) is 1. The third-order valence-electron chi connectivity index (χ3n) is 5.65. The summed E-state index contributed by atoms with van der Waals surface area (Å²) < 4.78 is 5.33. The number of Topliss-reactive ketones (excluding diaryl/α,β-unsaturated/α-hetero) is 1. The Kier molecular flexibility index (Phi) is 5.22. The molecule has 170 valence electrons. The number of carbonyl (C=O) groups is 2. The number of hydrogen-bond acceptors (Lipinski definition) is 6. The van der Waals surface area contributed by atoms with E-state index in [1.54, 1.807) is 42.5 Å². The van der Waals surface area contributed by atoms with Gasteiger partial charge in [-0.25, -0.2) is 4.98 Å². The first-order valence-electron chi connectivity index (χ1n) is 10.3. The summed E-state index contributed by atoms with van der Waals surface area (Å²) in [5, 5.41) is 21.7. The molecular formula is C25H18ClN3O5. The van der Waals surface area contributed by atoms with Crippen LogP contribution < -0.4 is 9.64 Å². The lowest BCUT2D eigenvalue weighted by Gasteiger charge is -2.23. The summed E-state index contributed by atoms with van der Waals surface area (Å²) in [7, 11) is 1.42. The number of methoxy groups -OCH3 is 1. The number of aromatic nitrogens is 2. The highest BCUT2D eigenvalue weighted by molar-refractivity contribution is 6.51. The highest BCUT2D eigenvalue weighted by Gasteiger charge is 2.48. The number of hydrogen-bond donors (Lipinski definition) is 3. The summed E-state index contributed by atoms with van der Waals surface area (Å²) in [6, 6.07) is 16.8. The molecule has 5 rings (SSSR count). The van der Waals surface area contributed by atoms with Gasteiger partial charge in [0.05, 0.1) is 35.3 Å². The Hall–Kier alpha value is -4.30. The van der Waals surface area contributed by atoms with Gasteiger partial charge in [0, 0.05) is 5.02 Å². The Morgan fingerprint density at radius 3 is 2.62 bits per heavy atom. The van der Waals surface area contributed by atoms with Crippen molar-refractivity contribution in [3.63, 3.8) is 0 Å². The van der Waals surface area contributed by atoms with Gasteiger partial charge in [-0.15, -0.1) is 0 Å². The van der Waals surface area contributed by atoms with Gasteiger partial charge in [0.2, 0.25) is 5.95 Å². The lowest BCUT2D eigenvalue weighted by molar-refractivity contribution is -0.132. The van der Waals surface area contributed by atoms with Crippen molar-refractivity contribution in [1.82, 2.24) is 9.97 Å². The number of phenols is 1. The molecule has 8 nitrogen and oxygen atoms in total. The summed E-state index contributed by atoms with van der Waals surface area (Å²) in [6.45, 7) is 0. The zero-order valence-corrected chi connectivity index (χ0v) is 18.6. The maximum absolute atomic E-state index is 13.3. The number of amides is 1. The van der Waals surface area contributed by atoms with E-state index in [1.165, 1.54) is 30.2 Å². The van der Waals surface area contributed by atoms with Gasteiger partial charge in [0.1, 0.15) is 17.3 Å². The molecule has 3 aromatic carbocycles. The summed E-state index contributed by atoms with van der Waals surface area (Å²) in [5.41, 5.74) is 1.65. The van der Waals surface area contributed by atoms with E-state index in [-0.39, 0.29) is 28.6 Å². The van der Waals surface area contributed by atoms with Crippen molar-refractivity contribution in [1.29, 1.82) is 0 Å². The van der Waals surface area contributed by atoms with E-state index < -0.39 is 23.5 Å². The first kappa shape index (κ1) is 21.5. The van der Waals surface area contributed by atoms with E-state index in [1.807, 2.05) is 6.07 Å². The standard InChI is InChI=1S/C25H18ClN3O5/c1-34-19-10-9-14(26)12-16(19)22(31)20-21(13-5-4-6-15(30)11-13)29(24(33)23(20)32)25-27-17-7-2-3-8-18(17)28-25/h2-12,21,30-31H,1H3,(H,27,28)/b22-20+. The number of rotatable bonds is 4. The molecule has 34 heavy (non-hydrogen) atoms. The first-order valence-corrected chi connectivity index (χ1v) is 10.7. The average molecular weight is 476 g/mol. The number of ketones is 1. The van der Waals surface area contributed by atoms with Crippen LogP contribution in [-0.2, 0) is 9.59 Å². The fourth-order valence-corrected chi connectivity index (χ4v) is 4.30. The Labute approximate surface area is 198 Å². The van der Waals surface area contributed by atoms with Crippen LogP contribution in [0.1, 0.15) is 17.2 Å². The van der Waals surface area contributed by atoms with Crippen LogP contribution in [-0.4, -0.2) is 39.0 Å². The number of aromatic amines is 1.